The van der Waals surface area contributed by atoms with Crippen molar-refractivity contribution in [2.24, 2.45) is 0 Å². The molecule has 1 aliphatic rings. The highest BCUT2D eigenvalue weighted by Gasteiger charge is 2.14. The fourth-order valence-electron chi connectivity index (χ4n) is 1.74. The molecule has 0 fully saturated rings. The molecule has 1 aromatic carbocycles. The first-order valence-corrected chi connectivity index (χ1v) is 4.55. The standard InChI is InChI=1S/C11H8FNO/c12-9-1-2-10-8(6-9)5-7-3-4-14-11(7)13-10/h1-2,5-6H,3-4H2. The van der Waals surface area contributed by atoms with E-state index in [0.29, 0.717) is 12.5 Å². The van der Waals surface area contributed by atoms with Gasteiger partial charge in [0, 0.05) is 17.4 Å². The predicted molar refractivity (Wildman–Crippen MR) is 50.9 cm³/mol. The molecule has 0 bridgehead atoms. The van der Waals surface area contributed by atoms with E-state index in [1.807, 2.05) is 6.07 Å². The van der Waals surface area contributed by atoms with Crippen LogP contribution >= 0.6 is 0 Å². The summed E-state index contributed by atoms with van der Waals surface area (Å²) in [6, 6.07) is 6.54. The summed E-state index contributed by atoms with van der Waals surface area (Å²) in [4.78, 5) is 4.31. The second kappa shape index (κ2) is 2.67. The van der Waals surface area contributed by atoms with Gasteiger partial charge < -0.3 is 4.74 Å². The molecule has 70 valence electrons. The fraction of sp³-hybridized carbons (Fsp3) is 0.182. The Morgan fingerprint density at radius 2 is 2.21 bits per heavy atom. The third-order valence-electron chi connectivity index (χ3n) is 2.43. The molecule has 14 heavy (non-hydrogen) atoms. The Kier molecular flexibility index (Phi) is 1.48. The maximum absolute atomic E-state index is 12.9. The lowest BCUT2D eigenvalue weighted by atomic mass is 10.1. The molecule has 0 unspecified atom stereocenters. The molecule has 1 aliphatic heterocycles. The number of hydrogen-bond acceptors (Lipinski definition) is 2. The van der Waals surface area contributed by atoms with Gasteiger partial charge in [-0.15, -0.1) is 0 Å². The van der Waals surface area contributed by atoms with E-state index < -0.39 is 0 Å². The molecule has 0 N–H and O–H groups in total. The largest absolute Gasteiger partial charge is 0.477 e. The molecule has 0 radical (unpaired) electrons. The van der Waals surface area contributed by atoms with Crippen LogP contribution in [0, 0.1) is 5.82 Å². The van der Waals surface area contributed by atoms with Crippen LogP contribution in [0.1, 0.15) is 5.56 Å². The van der Waals surface area contributed by atoms with Gasteiger partial charge in [-0.1, -0.05) is 0 Å². The summed E-state index contributed by atoms with van der Waals surface area (Å²) in [5, 5.41) is 0.842. The number of rotatable bonds is 0. The number of ether oxygens (including phenoxy) is 1. The van der Waals surface area contributed by atoms with E-state index in [-0.39, 0.29) is 5.82 Å². The van der Waals surface area contributed by atoms with E-state index in [9.17, 15) is 4.39 Å². The van der Waals surface area contributed by atoms with Crippen molar-refractivity contribution in [3.8, 4) is 5.88 Å². The van der Waals surface area contributed by atoms with Gasteiger partial charge in [0.1, 0.15) is 5.82 Å². The van der Waals surface area contributed by atoms with Crippen LogP contribution in [-0.2, 0) is 6.42 Å². The number of benzene rings is 1. The zero-order chi connectivity index (χ0) is 9.54. The Morgan fingerprint density at radius 1 is 1.29 bits per heavy atom. The summed E-state index contributed by atoms with van der Waals surface area (Å²) in [5.74, 6) is 0.474. The Morgan fingerprint density at radius 3 is 3.14 bits per heavy atom. The van der Waals surface area contributed by atoms with Gasteiger partial charge in [0.2, 0.25) is 5.88 Å². The lowest BCUT2D eigenvalue weighted by Gasteiger charge is -2.01. The molecule has 0 saturated heterocycles. The summed E-state index contributed by atoms with van der Waals surface area (Å²) in [5.41, 5.74) is 1.86. The van der Waals surface area contributed by atoms with Gasteiger partial charge in [-0.25, -0.2) is 9.37 Å². The highest BCUT2D eigenvalue weighted by Crippen LogP contribution is 2.26. The van der Waals surface area contributed by atoms with Crippen molar-refractivity contribution >= 4 is 10.9 Å². The van der Waals surface area contributed by atoms with Crippen LogP contribution in [0.15, 0.2) is 24.3 Å². The van der Waals surface area contributed by atoms with Crippen LogP contribution in [0.25, 0.3) is 10.9 Å². The number of pyridine rings is 1. The first kappa shape index (κ1) is 7.74. The zero-order valence-corrected chi connectivity index (χ0v) is 7.46. The van der Waals surface area contributed by atoms with E-state index in [1.165, 1.54) is 12.1 Å². The Labute approximate surface area is 80.3 Å². The maximum atomic E-state index is 12.9. The molecular weight excluding hydrogens is 181 g/mol. The smallest absolute Gasteiger partial charge is 0.217 e. The van der Waals surface area contributed by atoms with Crippen LogP contribution in [0.2, 0.25) is 0 Å². The van der Waals surface area contributed by atoms with Gasteiger partial charge in [-0.2, -0.15) is 0 Å². The molecule has 2 aromatic rings. The molecule has 0 amide bonds. The number of hydrogen-bond donors (Lipinski definition) is 0. The maximum Gasteiger partial charge on any atom is 0.217 e. The van der Waals surface area contributed by atoms with Gasteiger partial charge in [0.25, 0.3) is 0 Å². The molecule has 3 rings (SSSR count). The van der Waals surface area contributed by atoms with E-state index in [4.69, 9.17) is 4.74 Å². The average Bonchev–Trinajstić information content (AvgIpc) is 2.61. The molecule has 2 heterocycles. The Bertz CT molecular complexity index is 510. The van der Waals surface area contributed by atoms with Gasteiger partial charge in [0.15, 0.2) is 0 Å². The molecule has 0 aliphatic carbocycles. The first-order valence-electron chi connectivity index (χ1n) is 4.55. The highest BCUT2D eigenvalue weighted by molar-refractivity contribution is 5.80. The molecule has 2 nitrogen and oxygen atoms in total. The van der Waals surface area contributed by atoms with Gasteiger partial charge >= 0.3 is 0 Å². The van der Waals surface area contributed by atoms with E-state index in [0.717, 1.165) is 22.9 Å². The van der Waals surface area contributed by atoms with Crippen molar-refractivity contribution in [3.05, 3.63) is 35.6 Å². The third kappa shape index (κ3) is 1.05. The average molecular weight is 189 g/mol. The highest BCUT2D eigenvalue weighted by atomic mass is 19.1. The molecule has 3 heteroatoms. The summed E-state index contributed by atoms with van der Waals surface area (Å²) >= 11 is 0. The summed E-state index contributed by atoms with van der Waals surface area (Å²) in [6.45, 7) is 0.682. The Balaban J connectivity index is 2.33. The van der Waals surface area contributed by atoms with Crippen LogP contribution in [0.3, 0.4) is 0 Å². The van der Waals surface area contributed by atoms with Crippen LogP contribution in [0.5, 0.6) is 5.88 Å². The fourth-order valence-corrected chi connectivity index (χ4v) is 1.74. The van der Waals surface area contributed by atoms with E-state index in [1.54, 1.807) is 6.07 Å². The lowest BCUT2D eigenvalue weighted by molar-refractivity contribution is 0.346. The van der Waals surface area contributed by atoms with Crippen molar-refractivity contribution in [2.75, 3.05) is 6.61 Å². The minimum Gasteiger partial charge on any atom is -0.477 e. The topological polar surface area (TPSA) is 22.1 Å². The lowest BCUT2D eigenvalue weighted by Crippen LogP contribution is -1.88. The molecule has 1 aromatic heterocycles. The zero-order valence-electron chi connectivity index (χ0n) is 7.46. The number of nitrogens with zero attached hydrogens (tertiary/aromatic N) is 1. The van der Waals surface area contributed by atoms with Gasteiger partial charge in [0.05, 0.1) is 12.1 Å². The van der Waals surface area contributed by atoms with Crippen molar-refractivity contribution < 1.29 is 9.13 Å². The molecular formula is C11H8FNO. The van der Waals surface area contributed by atoms with Crippen LogP contribution in [-0.4, -0.2) is 11.6 Å². The predicted octanol–water partition coefficient (Wildman–Crippen LogP) is 2.31. The summed E-state index contributed by atoms with van der Waals surface area (Å²) in [6.07, 6.45) is 0.870. The molecule has 0 spiro atoms. The van der Waals surface area contributed by atoms with E-state index >= 15 is 0 Å². The number of fused-ring (bicyclic) bond motifs is 2. The molecule has 0 atom stereocenters. The quantitative estimate of drug-likeness (QED) is 0.634. The van der Waals surface area contributed by atoms with Crippen molar-refractivity contribution in [1.82, 2.24) is 4.98 Å². The summed E-state index contributed by atoms with van der Waals surface area (Å²) < 4.78 is 18.3. The Hall–Kier alpha value is -1.64. The van der Waals surface area contributed by atoms with Crippen molar-refractivity contribution in [1.29, 1.82) is 0 Å². The normalized spacial score (nSPS) is 14.1. The number of aromatic nitrogens is 1. The second-order valence-corrected chi connectivity index (χ2v) is 3.39. The minimum atomic E-state index is -0.224. The van der Waals surface area contributed by atoms with Crippen molar-refractivity contribution in [3.63, 3.8) is 0 Å². The van der Waals surface area contributed by atoms with Crippen LogP contribution < -0.4 is 4.74 Å². The minimum absolute atomic E-state index is 0.224. The van der Waals surface area contributed by atoms with Crippen LogP contribution in [0.4, 0.5) is 4.39 Å². The van der Waals surface area contributed by atoms with Gasteiger partial charge in [-0.05, 0) is 24.3 Å². The second-order valence-electron chi connectivity index (χ2n) is 3.39. The van der Waals surface area contributed by atoms with E-state index in [2.05, 4.69) is 4.98 Å². The van der Waals surface area contributed by atoms with Crippen molar-refractivity contribution in [2.45, 2.75) is 6.42 Å². The summed E-state index contributed by atoms with van der Waals surface area (Å²) in [7, 11) is 0. The number of halogens is 1. The third-order valence-corrected chi connectivity index (χ3v) is 2.43. The molecule has 0 saturated carbocycles. The SMILES string of the molecule is Fc1ccc2nc3c(cc2c1)CCO3. The monoisotopic (exact) mass is 189 g/mol. The first-order chi connectivity index (χ1) is 6.83. The van der Waals surface area contributed by atoms with Gasteiger partial charge in [-0.3, -0.25) is 0 Å².